The summed E-state index contributed by atoms with van der Waals surface area (Å²) in [6.07, 6.45) is 2.03. The van der Waals surface area contributed by atoms with Crippen LogP contribution in [0.4, 0.5) is 10.1 Å². The Labute approximate surface area is 185 Å². The number of furan rings is 1. The Morgan fingerprint density at radius 1 is 1.16 bits per heavy atom. The first kappa shape index (κ1) is 22.0. The first-order valence-corrected chi connectivity index (χ1v) is 11.7. The molecule has 0 unspecified atom stereocenters. The number of benzene rings is 2. The van der Waals surface area contributed by atoms with Gasteiger partial charge in [-0.1, -0.05) is 12.1 Å². The second kappa shape index (κ2) is 9.13. The van der Waals surface area contributed by atoms with Crippen LogP contribution in [0, 0.1) is 5.82 Å². The predicted molar refractivity (Wildman–Crippen MR) is 117 cm³/mol. The molecule has 3 aromatic rings. The highest BCUT2D eigenvalue weighted by Gasteiger charge is 2.28. The molecule has 9 heteroatoms. The van der Waals surface area contributed by atoms with E-state index in [9.17, 15) is 17.6 Å². The Kier molecular flexibility index (Phi) is 6.29. The van der Waals surface area contributed by atoms with E-state index in [0.717, 1.165) is 12.8 Å². The van der Waals surface area contributed by atoms with E-state index in [1.807, 2.05) is 0 Å². The number of methoxy groups -OCH3 is 1. The Hall–Kier alpha value is -3.17. The molecule has 2 N–H and O–H groups in total. The summed E-state index contributed by atoms with van der Waals surface area (Å²) >= 11 is 0. The zero-order chi connectivity index (χ0) is 22.7. The third-order valence-corrected chi connectivity index (χ3v) is 6.57. The van der Waals surface area contributed by atoms with Gasteiger partial charge in [-0.25, -0.2) is 17.5 Å². The average Bonchev–Trinajstić information content (AvgIpc) is 3.45. The Morgan fingerprint density at radius 3 is 2.66 bits per heavy atom. The molecule has 0 spiro atoms. The van der Waals surface area contributed by atoms with Gasteiger partial charge >= 0.3 is 0 Å². The summed E-state index contributed by atoms with van der Waals surface area (Å²) < 4.78 is 52.4. The standard InChI is InChI=1S/C23H23FN2O5S/c1-30-22-12-10-17(32(28,29)26-15-6-7-15)14-20(22)25-23(27)13-9-16-8-11-21(31-16)18-4-2-3-5-19(18)24/h2-5,8,10-12,14-15,26H,6-7,9,13H2,1H3,(H,25,27). The number of carbonyl (C=O) groups excluding carboxylic acids is 1. The molecule has 32 heavy (non-hydrogen) atoms. The molecule has 0 aliphatic heterocycles. The van der Waals surface area contributed by atoms with Crippen molar-refractivity contribution in [1.82, 2.24) is 4.72 Å². The van der Waals surface area contributed by atoms with Crippen LogP contribution in [0.2, 0.25) is 0 Å². The SMILES string of the molecule is COc1ccc(S(=O)(=O)NC2CC2)cc1NC(=O)CCc1ccc(-c2ccccc2F)o1. The van der Waals surface area contributed by atoms with Gasteiger partial charge in [-0.05, 0) is 55.3 Å². The van der Waals surface area contributed by atoms with E-state index in [2.05, 4.69) is 10.0 Å². The summed E-state index contributed by atoms with van der Waals surface area (Å²) in [7, 11) is -2.23. The van der Waals surface area contributed by atoms with Crippen molar-refractivity contribution in [1.29, 1.82) is 0 Å². The second-order valence-electron chi connectivity index (χ2n) is 7.55. The number of anilines is 1. The number of amides is 1. The minimum Gasteiger partial charge on any atom is -0.495 e. The number of aryl methyl sites for hydroxylation is 1. The molecule has 2 aromatic carbocycles. The maximum Gasteiger partial charge on any atom is 0.240 e. The Morgan fingerprint density at radius 2 is 1.94 bits per heavy atom. The maximum absolute atomic E-state index is 13.9. The largest absolute Gasteiger partial charge is 0.495 e. The monoisotopic (exact) mass is 458 g/mol. The lowest BCUT2D eigenvalue weighted by Gasteiger charge is -2.13. The molecule has 1 saturated carbocycles. The molecule has 0 saturated heterocycles. The highest BCUT2D eigenvalue weighted by molar-refractivity contribution is 7.89. The second-order valence-corrected chi connectivity index (χ2v) is 9.27. The quantitative estimate of drug-likeness (QED) is 0.503. The number of nitrogens with one attached hydrogen (secondary N) is 2. The van der Waals surface area contributed by atoms with Crippen LogP contribution in [0.3, 0.4) is 0 Å². The molecule has 1 fully saturated rings. The molecular weight excluding hydrogens is 435 g/mol. The van der Waals surface area contributed by atoms with Crippen molar-refractivity contribution >= 4 is 21.6 Å². The van der Waals surface area contributed by atoms with Gasteiger partial charge in [0.1, 0.15) is 23.1 Å². The number of ether oxygens (including phenoxy) is 1. The van der Waals surface area contributed by atoms with Gasteiger partial charge < -0.3 is 14.5 Å². The molecule has 1 heterocycles. The molecule has 7 nitrogen and oxygen atoms in total. The van der Waals surface area contributed by atoms with Gasteiger partial charge in [0.15, 0.2) is 0 Å². The van der Waals surface area contributed by atoms with Crippen molar-refractivity contribution < 1.29 is 26.8 Å². The van der Waals surface area contributed by atoms with E-state index in [-0.39, 0.29) is 34.8 Å². The van der Waals surface area contributed by atoms with Gasteiger partial charge in [-0.3, -0.25) is 4.79 Å². The lowest BCUT2D eigenvalue weighted by Crippen LogP contribution is -2.26. The van der Waals surface area contributed by atoms with Crippen LogP contribution in [0.25, 0.3) is 11.3 Å². The molecule has 0 bridgehead atoms. The van der Waals surface area contributed by atoms with Crippen LogP contribution in [-0.2, 0) is 21.2 Å². The van der Waals surface area contributed by atoms with E-state index >= 15 is 0 Å². The summed E-state index contributed by atoms with van der Waals surface area (Å²) in [5, 5.41) is 2.70. The summed E-state index contributed by atoms with van der Waals surface area (Å²) in [5.74, 6) is 0.557. The summed E-state index contributed by atoms with van der Waals surface area (Å²) in [6, 6.07) is 14.0. The molecule has 1 amide bonds. The highest BCUT2D eigenvalue weighted by atomic mass is 32.2. The van der Waals surface area contributed by atoms with Crippen molar-refractivity contribution in [3.63, 3.8) is 0 Å². The van der Waals surface area contributed by atoms with E-state index in [4.69, 9.17) is 9.15 Å². The van der Waals surface area contributed by atoms with Gasteiger partial charge in [-0.15, -0.1) is 0 Å². The minimum absolute atomic E-state index is 0.0253. The normalized spacial score (nSPS) is 13.7. The lowest BCUT2D eigenvalue weighted by molar-refractivity contribution is -0.116. The minimum atomic E-state index is -3.67. The van der Waals surface area contributed by atoms with Gasteiger partial charge in [0.2, 0.25) is 15.9 Å². The lowest BCUT2D eigenvalue weighted by atomic mass is 10.1. The van der Waals surface area contributed by atoms with Crippen molar-refractivity contribution in [3.8, 4) is 17.1 Å². The fraction of sp³-hybridized carbons (Fsp3) is 0.261. The van der Waals surface area contributed by atoms with Crippen LogP contribution in [0.1, 0.15) is 25.0 Å². The summed E-state index contributed by atoms with van der Waals surface area (Å²) in [4.78, 5) is 12.6. The van der Waals surface area contributed by atoms with Crippen molar-refractivity contribution in [2.45, 2.75) is 36.6 Å². The van der Waals surface area contributed by atoms with Crippen LogP contribution in [0.15, 0.2) is 63.9 Å². The molecule has 4 rings (SSSR count). The molecule has 1 aliphatic carbocycles. The smallest absolute Gasteiger partial charge is 0.240 e. The zero-order valence-corrected chi connectivity index (χ0v) is 18.2. The topological polar surface area (TPSA) is 97.6 Å². The molecule has 0 radical (unpaired) electrons. The Balaban J connectivity index is 1.42. The van der Waals surface area contributed by atoms with Crippen LogP contribution >= 0.6 is 0 Å². The number of hydrogen-bond donors (Lipinski definition) is 2. The maximum atomic E-state index is 13.9. The Bertz CT molecular complexity index is 1230. The fourth-order valence-electron chi connectivity index (χ4n) is 3.21. The van der Waals surface area contributed by atoms with Crippen LogP contribution in [0.5, 0.6) is 5.75 Å². The summed E-state index contributed by atoms with van der Waals surface area (Å²) in [5.41, 5.74) is 0.619. The fourth-order valence-corrected chi connectivity index (χ4v) is 4.54. The number of carbonyl (C=O) groups is 1. The average molecular weight is 459 g/mol. The van der Waals surface area contributed by atoms with E-state index in [0.29, 0.717) is 29.3 Å². The third-order valence-electron chi connectivity index (χ3n) is 5.05. The molecule has 1 aliphatic rings. The van der Waals surface area contributed by atoms with Gasteiger partial charge in [0.05, 0.1) is 23.3 Å². The van der Waals surface area contributed by atoms with Crippen molar-refractivity contribution in [3.05, 3.63) is 66.2 Å². The number of halogens is 1. The van der Waals surface area contributed by atoms with Crippen LogP contribution < -0.4 is 14.8 Å². The molecule has 1 aromatic heterocycles. The molecular formula is C23H23FN2O5S. The molecule has 0 atom stereocenters. The van der Waals surface area contributed by atoms with E-state index < -0.39 is 10.0 Å². The third kappa shape index (κ3) is 5.17. The predicted octanol–water partition coefficient (Wildman–Crippen LogP) is 4.11. The van der Waals surface area contributed by atoms with Gasteiger partial charge in [0.25, 0.3) is 0 Å². The molecule has 168 valence electrons. The van der Waals surface area contributed by atoms with Gasteiger partial charge in [0, 0.05) is 18.9 Å². The van der Waals surface area contributed by atoms with E-state index in [1.165, 1.54) is 31.4 Å². The van der Waals surface area contributed by atoms with Gasteiger partial charge in [-0.2, -0.15) is 0 Å². The van der Waals surface area contributed by atoms with Crippen molar-refractivity contribution in [2.24, 2.45) is 0 Å². The first-order chi connectivity index (χ1) is 15.4. The van der Waals surface area contributed by atoms with E-state index in [1.54, 1.807) is 30.3 Å². The number of sulfonamides is 1. The zero-order valence-electron chi connectivity index (χ0n) is 17.4. The van der Waals surface area contributed by atoms with Crippen molar-refractivity contribution in [2.75, 3.05) is 12.4 Å². The highest BCUT2D eigenvalue weighted by Crippen LogP contribution is 2.30. The summed E-state index contributed by atoms with van der Waals surface area (Å²) in [6.45, 7) is 0. The number of rotatable bonds is 9. The number of hydrogen-bond acceptors (Lipinski definition) is 5. The van der Waals surface area contributed by atoms with Crippen LogP contribution in [-0.4, -0.2) is 27.5 Å². The first-order valence-electron chi connectivity index (χ1n) is 10.2.